The molecule has 1 aliphatic rings. The number of nitrogens with one attached hydrogen (secondary N) is 1. The van der Waals surface area contributed by atoms with Crippen molar-refractivity contribution in [2.24, 2.45) is 5.41 Å². The highest BCUT2D eigenvalue weighted by Crippen LogP contribution is 2.30. The summed E-state index contributed by atoms with van der Waals surface area (Å²) in [4.78, 5) is 26.5. The number of carbonyl (C=O) groups excluding carboxylic acids is 2. The van der Waals surface area contributed by atoms with Crippen LogP contribution in [0.5, 0.6) is 0 Å². The van der Waals surface area contributed by atoms with E-state index >= 15 is 0 Å². The minimum atomic E-state index is -0.803. The zero-order chi connectivity index (χ0) is 14.3. The summed E-state index contributed by atoms with van der Waals surface area (Å²) >= 11 is 0. The average Bonchev–Trinajstić information content (AvgIpc) is 2.20. The first-order valence-electron chi connectivity index (χ1n) is 6.67. The number of rotatable bonds is 2. The van der Waals surface area contributed by atoms with Crippen LogP contribution in [0.2, 0.25) is 0 Å². The first-order chi connectivity index (χ1) is 8.02. The maximum absolute atomic E-state index is 12.6. The van der Waals surface area contributed by atoms with Gasteiger partial charge < -0.3 is 10.2 Å². The molecule has 1 saturated heterocycles. The van der Waals surface area contributed by atoms with Gasteiger partial charge in [-0.1, -0.05) is 27.7 Å². The topological polar surface area (TPSA) is 49.4 Å². The molecular weight excluding hydrogens is 228 g/mol. The van der Waals surface area contributed by atoms with Crippen LogP contribution in [0, 0.1) is 5.41 Å². The highest BCUT2D eigenvalue weighted by molar-refractivity contribution is 5.99. The van der Waals surface area contributed by atoms with Crippen LogP contribution in [0.4, 0.5) is 0 Å². The number of piperazine rings is 1. The van der Waals surface area contributed by atoms with E-state index in [1.165, 1.54) is 0 Å². The van der Waals surface area contributed by atoms with Crippen LogP contribution in [-0.4, -0.2) is 34.3 Å². The summed E-state index contributed by atoms with van der Waals surface area (Å²) in [7, 11) is 0. The average molecular weight is 254 g/mol. The lowest BCUT2D eigenvalue weighted by molar-refractivity contribution is -0.158. The second-order valence-corrected chi connectivity index (χ2v) is 6.79. The van der Waals surface area contributed by atoms with Crippen LogP contribution in [0.1, 0.15) is 54.9 Å². The van der Waals surface area contributed by atoms with Gasteiger partial charge in [0.1, 0.15) is 11.6 Å². The molecule has 0 bridgehead atoms. The zero-order valence-electron chi connectivity index (χ0n) is 12.6. The molecule has 1 fully saturated rings. The normalized spacial score (nSPS) is 25.9. The lowest BCUT2D eigenvalue weighted by atomic mass is 9.83. The Labute approximate surface area is 110 Å². The quantitative estimate of drug-likeness (QED) is 0.818. The van der Waals surface area contributed by atoms with Gasteiger partial charge in [0.05, 0.1) is 0 Å². The fraction of sp³-hybridized carbons (Fsp3) is 0.857. The summed E-state index contributed by atoms with van der Waals surface area (Å²) < 4.78 is 0. The summed E-state index contributed by atoms with van der Waals surface area (Å²) in [6.07, 6.45) is 0.647. The maximum Gasteiger partial charge on any atom is 0.248 e. The van der Waals surface area contributed by atoms with Crippen molar-refractivity contribution >= 4 is 11.8 Å². The second-order valence-electron chi connectivity index (χ2n) is 6.79. The molecule has 1 aliphatic heterocycles. The molecule has 0 spiro atoms. The summed E-state index contributed by atoms with van der Waals surface area (Å²) in [5.41, 5.74) is -0.848. The standard InChI is InChI=1S/C14H26N2O2/c1-8-10-11(17)15-14(6,7)12(18)16(10)9(2)13(3,4)5/h9-10H,8H2,1-7H3,(H,15,17). The Bertz CT molecular complexity index is 355. The Morgan fingerprint density at radius 2 is 1.83 bits per heavy atom. The Kier molecular flexibility index (Phi) is 3.80. The second kappa shape index (κ2) is 4.56. The molecule has 18 heavy (non-hydrogen) atoms. The van der Waals surface area contributed by atoms with Crippen molar-refractivity contribution in [3.8, 4) is 0 Å². The molecule has 0 radical (unpaired) electrons. The number of hydrogen-bond acceptors (Lipinski definition) is 2. The van der Waals surface area contributed by atoms with E-state index in [1.54, 1.807) is 18.7 Å². The third-order valence-electron chi connectivity index (χ3n) is 3.90. The first kappa shape index (κ1) is 15.0. The van der Waals surface area contributed by atoms with Crippen LogP contribution in [0.25, 0.3) is 0 Å². The Balaban J connectivity index is 3.17. The van der Waals surface area contributed by atoms with Gasteiger partial charge in [0, 0.05) is 6.04 Å². The number of hydrogen-bond donors (Lipinski definition) is 1. The van der Waals surface area contributed by atoms with E-state index in [0.717, 1.165) is 0 Å². The minimum Gasteiger partial charge on any atom is -0.340 e. The smallest absolute Gasteiger partial charge is 0.248 e. The van der Waals surface area contributed by atoms with Crippen molar-refractivity contribution < 1.29 is 9.59 Å². The Hall–Kier alpha value is -1.06. The van der Waals surface area contributed by atoms with Crippen LogP contribution >= 0.6 is 0 Å². The van der Waals surface area contributed by atoms with Gasteiger partial charge in [0.25, 0.3) is 0 Å². The monoisotopic (exact) mass is 254 g/mol. The van der Waals surface area contributed by atoms with Gasteiger partial charge in [-0.15, -0.1) is 0 Å². The lowest BCUT2D eigenvalue weighted by Gasteiger charge is -2.48. The van der Waals surface area contributed by atoms with Gasteiger partial charge in [-0.3, -0.25) is 9.59 Å². The van der Waals surface area contributed by atoms with Crippen LogP contribution in [0.15, 0.2) is 0 Å². The first-order valence-corrected chi connectivity index (χ1v) is 6.67. The molecule has 4 nitrogen and oxygen atoms in total. The fourth-order valence-corrected chi connectivity index (χ4v) is 2.28. The summed E-state index contributed by atoms with van der Waals surface area (Å²) in [6, 6.07) is -0.319. The van der Waals surface area contributed by atoms with Gasteiger partial charge >= 0.3 is 0 Å². The molecule has 2 amide bonds. The number of amides is 2. The Morgan fingerprint density at radius 3 is 2.22 bits per heavy atom. The van der Waals surface area contributed by atoms with Crippen LogP contribution in [0.3, 0.4) is 0 Å². The molecule has 0 aromatic rings. The van der Waals surface area contributed by atoms with E-state index in [9.17, 15) is 9.59 Å². The molecule has 0 aliphatic carbocycles. The molecule has 2 unspecified atom stereocenters. The number of nitrogens with zero attached hydrogens (tertiary/aromatic N) is 1. The van der Waals surface area contributed by atoms with Crippen molar-refractivity contribution in [3.63, 3.8) is 0 Å². The van der Waals surface area contributed by atoms with Crippen LogP contribution < -0.4 is 5.32 Å². The van der Waals surface area contributed by atoms with E-state index in [2.05, 4.69) is 26.1 Å². The summed E-state index contributed by atoms with van der Waals surface area (Å²) in [6.45, 7) is 13.8. The molecule has 2 atom stereocenters. The molecule has 1 heterocycles. The van der Waals surface area contributed by atoms with Gasteiger partial charge in [0.15, 0.2) is 0 Å². The molecule has 0 aromatic carbocycles. The highest BCUT2D eigenvalue weighted by Gasteiger charge is 2.48. The summed E-state index contributed by atoms with van der Waals surface area (Å²) in [5, 5.41) is 2.81. The largest absolute Gasteiger partial charge is 0.340 e. The zero-order valence-corrected chi connectivity index (χ0v) is 12.6. The third-order valence-corrected chi connectivity index (χ3v) is 3.90. The predicted molar refractivity (Wildman–Crippen MR) is 72.1 cm³/mol. The third kappa shape index (κ3) is 2.52. The van der Waals surface area contributed by atoms with E-state index in [1.807, 2.05) is 13.8 Å². The molecule has 0 saturated carbocycles. The highest BCUT2D eigenvalue weighted by atomic mass is 16.2. The molecule has 1 rings (SSSR count). The van der Waals surface area contributed by atoms with Gasteiger partial charge in [-0.2, -0.15) is 0 Å². The molecule has 1 N–H and O–H groups in total. The maximum atomic E-state index is 12.6. The van der Waals surface area contributed by atoms with Crippen molar-refractivity contribution in [2.75, 3.05) is 0 Å². The minimum absolute atomic E-state index is 0.0105. The molecule has 0 aromatic heterocycles. The van der Waals surface area contributed by atoms with Crippen molar-refractivity contribution in [1.82, 2.24) is 10.2 Å². The van der Waals surface area contributed by atoms with E-state index in [4.69, 9.17) is 0 Å². The van der Waals surface area contributed by atoms with Gasteiger partial charge in [-0.25, -0.2) is 0 Å². The van der Waals surface area contributed by atoms with Gasteiger partial charge in [-0.05, 0) is 32.6 Å². The van der Waals surface area contributed by atoms with Crippen LogP contribution in [-0.2, 0) is 9.59 Å². The van der Waals surface area contributed by atoms with E-state index in [0.29, 0.717) is 6.42 Å². The predicted octanol–water partition coefficient (Wildman–Crippen LogP) is 1.94. The van der Waals surface area contributed by atoms with Crippen molar-refractivity contribution in [1.29, 1.82) is 0 Å². The lowest BCUT2D eigenvalue weighted by Crippen LogP contribution is -2.70. The Morgan fingerprint density at radius 1 is 1.33 bits per heavy atom. The summed E-state index contributed by atoms with van der Waals surface area (Å²) in [5.74, 6) is -0.0328. The molecule has 4 heteroatoms. The molecular formula is C14H26N2O2. The number of carbonyl (C=O) groups is 2. The SMILES string of the molecule is CCC1C(=O)NC(C)(C)C(=O)N1C(C)C(C)(C)C. The van der Waals surface area contributed by atoms with Gasteiger partial charge in [0.2, 0.25) is 11.8 Å². The van der Waals surface area contributed by atoms with Crippen molar-refractivity contribution in [2.45, 2.75) is 72.5 Å². The molecule has 104 valence electrons. The fourth-order valence-electron chi connectivity index (χ4n) is 2.28. The van der Waals surface area contributed by atoms with E-state index in [-0.39, 0.29) is 29.3 Å². The van der Waals surface area contributed by atoms with Crippen molar-refractivity contribution in [3.05, 3.63) is 0 Å². The van der Waals surface area contributed by atoms with E-state index < -0.39 is 5.54 Å².